The molecule has 2 atom stereocenters. The maximum atomic E-state index is 5.97. The summed E-state index contributed by atoms with van der Waals surface area (Å²) in [6.45, 7) is 0. The van der Waals surface area contributed by atoms with Crippen LogP contribution in [0.2, 0.25) is 10.2 Å². The van der Waals surface area contributed by atoms with Gasteiger partial charge in [0.25, 0.3) is 0 Å². The zero-order valence-electron chi connectivity index (χ0n) is 10.5. The van der Waals surface area contributed by atoms with Crippen molar-refractivity contribution < 1.29 is 0 Å². The van der Waals surface area contributed by atoms with Gasteiger partial charge in [0.05, 0.1) is 10.5 Å². The number of halogens is 2. The fraction of sp³-hybridized carbons (Fsp3) is 0.200. The molecule has 1 aliphatic carbocycles. The molecule has 3 aromatic rings. The molecule has 0 radical (unpaired) electrons. The van der Waals surface area contributed by atoms with Gasteiger partial charge in [-0.25, -0.2) is 9.97 Å². The summed E-state index contributed by atoms with van der Waals surface area (Å²) in [6, 6.07) is 12.3. The number of nitrogens with one attached hydrogen (secondary N) is 1. The molecule has 1 saturated carbocycles. The second-order valence-corrected chi connectivity index (χ2v) is 5.88. The van der Waals surface area contributed by atoms with Crippen LogP contribution in [0.25, 0.3) is 11.2 Å². The summed E-state index contributed by atoms with van der Waals surface area (Å²) in [6.07, 6.45) is 1.12. The first-order valence-corrected chi connectivity index (χ1v) is 7.24. The number of pyridine rings is 1. The second kappa shape index (κ2) is 4.47. The van der Waals surface area contributed by atoms with E-state index < -0.39 is 0 Å². The first kappa shape index (κ1) is 12.2. The summed E-state index contributed by atoms with van der Waals surface area (Å²) >= 11 is 11.9. The Labute approximate surface area is 126 Å². The molecule has 100 valence electrons. The number of hydrogen-bond donors (Lipinski definition) is 1. The van der Waals surface area contributed by atoms with Crippen LogP contribution in [0.4, 0.5) is 0 Å². The maximum Gasteiger partial charge on any atom is 0.179 e. The van der Waals surface area contributed by atoms with E-state index in [4.69, 9.17) is 23.2 Å². The third-order valence-corrected chi connectivity index (χ3v) is 4.44. The van der Waals surface area contributed by atoms with Crippen molar-refractivity contribution in [3.63, 3.8) is 0 Å². The topological polar surface area (TPSA) is 41.6 Å². The van der Waals surface area contributed by atoms with Crippen molar-refractivity contribution >= 4 is 34.4 Å². The van der Waals surface area contributed by atoms with Gasteiger partial charge in [-0.2, -0.15) is 0 Å². The summed E-state index contributed by atoms with van der Waals surface area (Å²) in [5.74, 6) is 1.95. The standard InChI is InChI=1S/C15H11Cl2N3/c16-11-7-12-15(19-13(11)17)20-14(18-12)10-6-9(10)8-4-2-1-3-5-8/h1-5,7,9-10H,6H2,(H,18,19,20). The number of imidazole rings is 1. The Hall–Kier alpha value is -1.58. The maximum absolute atomic E-state index is 5.97. The van der Waals surface area contributed by atoms with E-state index in [0.717, 1.165) is 17.8 Å². The highest BCUT2D eigenvalue weighted by molar-refractivity contribution is 6.41. The SMILES string of the molecule is Clc1cc2[nH]c(C3CC3c3ccccc3)nc2nc1Cl. The van der Waals surface area contributed by atoms with Crippen LogP contribution in [0, 0.1) is 0 Å². The lowest BCUT2D eigenvalue weighted by Gasteiger charge is -1.97. The predicted molar refractivity (Wildman–Crippen MR) is 80.4 cm³/mol. The molecule has 4 rings (SSSR count). The third-order valence-electron chi connectivity index (χ3n) is 3.77. The molecule has 2 aromatic heterocycles. The van der Waals surface area contributed by atoms with Gasteiger partial charge in [-0.15, -0.1) is 0 Å². The van der Waals surface area contributed by atoms with Crippen molar-refractivity contribution in [2.75, 3.05) is 0 Å². The van der Waals surface area contributed by atoms with Crippen molar-refractivity contribution in [3.8, 4) is 0 Å². The average molecular weight is 304 g/mol. The van der Waals surface area contributed by atoms with Gasteiger partial charge in [-0.3, -0.25) is 0 Å². The van der Waals surface area contributed by atoms with Crippen molar-refractivity contribution in [2.45, 2.75) is 18.3 Å². The van der Waals surface area contributed by atoms with Crippen LogP contribution in [0.1, 0.15) is 29.6 Å². The first-order valence-electron chi connectivity index (χ1n) is 6.49. The fourth-order valence-electron chi connectivity index (χ4n) is 2.66. The molecule has 2 heterocycles. The molecule has 2 unspecified atom stereocenters. The number of nitrogens with zero attached hydrogens (tertiary/aromatic N) is 2. The highest BCUT2D eigenvalue weighted by atomic mass is 35.5. The number of aromatic nitrogens is 3. The molecular weight excluding hydrogens is 293 g/mol. The quantitative estimate of drug-likeness (QED) is 0.706. The molecule has 5 heteroatoms. The van der Waals surface area contributed by atoms with Gasteiger partial charge in [-0.05, 0) is 24.0 Å². The second-order valence-electron chi connectivity index (χ2n) is 5.11. The lowest BCUT2D eigenvalue weighted by Crippen LogP contribution is -1.86. The summed E-state index contributed by atoms with van der Waals surface area (Å²) in [7, 11) is 0. The van der Waals surface area contributed by atoms with Gasteiger partial charge in [-0.1, -0.05) is 53.5 Å². The highest BCUT2D eigenvalue weighted by Crippen LogP contribution is 2.53. The van der Waals surface area contributed by atoms with Gasteiger partial charge in [0.15, 0.2) is 5.65 Å². The Bertz CT molecular complexity index is 743. The number of aromatic amines is 1. The molecule has 1 aliphatic rings. The Morgan fingerprint density at radius 3 is 2.65 bits per heavy atom. The molecule has 0 bridgehead atoms. The third kappa shape index (κ3) is 1.98. The molecule has 0 spiro atoms. The molecule has 0 aliphatic heterocycles. The van der Waals surface area contributed by atoms with Crippen LogP contribution in [0.3, 0.4) is 0 Å². The summed E-state index contributed by atoms with van der Waals surface area (Å²) < 4.78 is 0. The minimum atomic E-state index is 0.299. The van der Waals surface area contributed by atoms with Gasteiger partial charge in [0.1, 0.15) is 11.0 Å². The molecular formula is C15H11Cl2N3. The van der Waals surface area contributed by atoms with Crippen LogP contribution in [-0.2, 0) is 0 Å². The van der Waals surface area contributed by atoms with Gasteiger partial charge < -0.3 is 4.98 Å². The average Bonchev–Trinajstić information content (AvgIpc) is 3.16. The van der Waals surface area contributed by atoms with E-state index in [9.17, 15) is 0 Å². The Kier molecular flexibility index (Phi) is 2.72. The smallest absolute Gasteiger partial charge is 0.179 e. The summed E-state index contributed by atoms with van der Waals surface area (Å²) in [4.78, 5) is 12.0. The van der Waals surface area contributed by atoms with Gasteiger partial charge in [0, 0.05) is 5.92 Å². The number of benzene rings is 1. The van der Waals surface area contributed by atoms with Crippen LogP contribution < -0.4 is 0 Å². The zero-order chi connectivity index (χ0) is 13.7. The molecule has 20 heavy (non-hydrogen) atoms. The van der Waals surface area contributed by atoms with E-state index in [-0.39, 0.29) is 0 Å². The molecule has 0 saturated heterocycles. The lowest BCUT2D eigenvalue weighted by atomic mass is 10.1. The lowest BCUT2D eigenvalue weighted by molar-refractivity contribution is 0.936. The number of fused-ring (bicyclic) bond motifs is 1. The number of H-pyrrole nitrogens is 1. The minimum absolute atomic E-state index is 0.299. The van der Waals surface area contributed by atoms with Crippen LogP contribution in [-0.4, -0.2) is 15.0 Å². The first-order chi connectivity index (χ1) is 9.72. The Morgan fingerprint density at radius 1 is 1.05 bits per heavy atom. The largest absolute Gasteiger partial charge is 0.340 e. The van der Waals surface area contributed by atoms with E-state index in [1.807, 2.05) is 6.07 Å². The Balaban J connectivity index is 1.68. The van der Waals surface area contributed by atoms with E-state index in [0.29, 0.717) is 27.7 Å². The van der Waals surface area contributed by atoms with E-state index in [1.54, 1.807) is 6.07 Å². The van der Waals surface area contributed by atoms with E-state index in [2.05, 4.69) is 39.2 Å². The molecule has 0 amide bonds. The summed E-state index contributed by atoms with van der Waals surface area (Å²) in [5, 5.41) is 0.748. The minimum Gasteiger partial charge on any atom is -0.340 e. The van der Waals surface area contributed by atoms with Crippen molar-refractivity contribution in [3.05, 3.63) is 58.0 Å². The highest BCUT2D eigenvalue weighted by Gasteiger charge is 2.41. The molecule has 1 N–H and O–H groups in total. The number of hydrogen-bond acceptors (Lipinski definition) is 2. The van der Waals surface area contributed by atoms with Crippen LogP contribution >= 0.6 is 23.2 Å². The van der Waals surface area contributed by atoms with Crippen LogP contribution in [0.15, 0.2) is 36.4 Å². The summed E-state index contributed by atoms with van der Waals surface area (Å²) in [5.41, 5.74) is 2.84. The van der Waals surface area contributed by atoms with Crippen molar-refractivity contribution in [1.82, 2.24) is 15.0 Å². The molecule has 1 aromatic carbocycles. The molecule has 1 fully saturated rings. The number of rotatable bonds is 2. The van der Waals surface area contributed by atoms with Gasteiger partial charge in [0.2, 0.25) is 0 Å². The van der Waals surface area contributed by atoms with Crippen LogP contribution in [0.5, 0.6) is 0 Å². The normalized spacial score (nSPS) is 21.3. The Morgan fingerprint density at radius 2 is 1.85 bits per heavy atom. The molecule has 3 nitrogen and oxygen atoms in total. The van der Waals surface area contributed by atoms with E-state index in [1.165, 1.54) is 5.56 Å². The zero-order valence-corrected chi connectivity index (χ0v) is 12.0. The fourth-order valence-corrected chi connectivity index (χ4v) is 2.94. The van der Waals surface area contributed by atoms with Gasteiger partial charge >= 0.3 is 0 Å². The monoisotopic (exact) mass is 303 g/mol. The van der Waals surface area contributed by atoms with Crippen molar-refractivity contribution in [2.24, 2.45) is 0 Å². The predicted octanol–water partition coefficient (Wildman–Crippen LogP) is 4.54. The van der Waals surface area contributed by atoms with E-state index >= 15 is 0 Å². The van der Waals surface area contributed by atoms with Crippen molar-refractivity contribution in [1.29, 1.82) is 0 Å².